The Balaban J connectivity index is 1.62. The van der Waals surface area contributed by atoms with Gasteiger partial charge in [-0.05, 0) is 86.8 Å². The SMILES string of the molecule is CCCCc1nc2ccc(Br)cc2c(=O)n1N=Cc1cc(OC)c(OCC(=O)Nc2ccc(Cl)cc2)c(Br)c1Br. The number of hydrogen-bond donors (Lipinski definition) is 1. The summed E-state index contributed by atoms with van der Waals surface area (Å²) in [6.45, 7) is 1.82. The number of aromatic nitrogens is 2. The molecule has 0 bridgehead atoms. The number of hydrogen-bond acceptors (Lipinski definition) is 6. The average Bonchev–Trinajstić information content (AvgIpc) is 2.94. The van der Waals surface area contributed by atoms with Crippen molar-refractivity contribution in [3.05, 3.63) is 88.7 Å². The summed E-state index contributed by atoms with van der Waals surface area (Å²) in [5.41, 5.74) is 1.57. The highest BCUT2D eigenvalue weighted by Gasteiger charge is 2.18. The molecule has 12 heteroatoms. The number of halogens is 4. The zero-order valence-corrected chi connectivity index (χ0v) is 27.0. The van der Waals surface area contributed by atoms with Crippen molar-refractivity contribution in [1.82, 2.24) is 9.66 Å². The highest BCUT2D eigenvalue weighted by molar-refractivity contribution is 9.13. The van der Waals surface area contributed by atoms with Crippen LogP contribution < -0.4 is 20.3 Å². The molecule has 0 aliphatic heterocycles. The fraction of sp³-hybridized carbons (Fsp3) is 0.214. The maximum atomic E-state index is 13.4. The minimum Gasteiger partial charge on any atom is -0.493 e. The Morgan fingerprint density at radius 2 is 1.88 bits per heavy atom. The van der Waals surface area contributed by atoms with Gasteiger partial charge in [0.05, 0.1) is 28.7 Å². The van der Waals surface area contributed by atoms with E-state index in [2.05, 4.69) is 65.1 Å². The molecule has 0 atom stereocenters. The second kappa shape index (κ2) is 13.8. The van der Waals surface area contributed by atoms with E-state index in [4.69, 9.17) is 26.1 Å². The van der Waals surface area contributed by atoms with E-state index in [1.165, 1.54) is 11.8 Å². The lowest BCUT2D eigenvalue weighted by Crippen LogP contribution is -2.22. The molecule has 0 fully saturated rings. The van der Waals surface area contributed by atoms with Crippen molar-refractivity contribution in [1.29, 1.82) is 0 Å². The first-order valence-electron chi connectivity index (χ1n) is 12.2. The van der Waals surface area contributed by atoms with Crippen molar-refractivity contribution < 1.29 is 14.3 Å². The van der Waals surface area contributed by atoms with Gasteiger partial charge >= 0.3 is 0 Å². The van der Waals surface area contributed by atoms with Crippen LogP contribution in [0.4, 0.5) is 5.69 Å². The summed E-state index contributed by atoms with van der Waals surface area (Å²) in [6, 6.07) is 13.9. The number of carbonyl (C=O) groups is 1. The molecule has 0 unspecified atom stereocenters. The quantitative estimate of drug-likeness (QED) is 0.169. The lowest BCUT2D eigenvalue weighted by molar-refractivity contribution is -0.118. The molecule has 4 rings (SSSR count). The predicted molar refractivity (Wildman–Crippen MR) is 169 cm³/mol. The first-order valence-corrected chi connectivity index (χ1v) is 15.0. The first kappa shape index (κ1) is 30.2. The Bertz CT molecular complexity index is 1640. The predicted octanol–water partition coefficient (Wildman–Crippen LogP) is 7.59. The number of fused-ring (bicyclic) bond motifs is 1. The Morgan fingerprint density at radius 1 is 1.12 bits per heavy atom. The number of nitrogens with zero attached hydrogens (tertiary/aromatic N) is 3. The third-order valence-electron chi connectivity index (χ3n) is 5.79. The third kappa shape index (κ3) is 7.12. The molecule has 1 amide bonds. The standard InChI is InChI=1S/C28H24Br3ClN4O4/c1-3-4-5-23-35-21-11-6-17(29)13-20(21)28(38)36(23)33-14-16-12-22(39-2)27(26(31)25(16)30)40-15-24(37)34-19-9-7-18(32)8-10-19/h6-14H,3-5,15H2,1-2H3,(H,34,37). The molecule has 1 heterocycles. The van der Waals surface area contributed by atoms with Crippen molar-refractivity contribution in [3.8, 4) is 11.5 Å². The topological polar surface area (TPSA) is 94.8 Å². The molecule has 0 aliphatic carbocycles. The van der Waals surface area contributed by atoms with E-state index in [9.17, 15) is 9.59 Å². The minimum absolute atomic E-state index is 0.258. The van der Waals surface area contributed by atoms with Gasteiger partial charge in [0.1, 0.15) is 5.82 Å². The van der Waals surface area contributed by atoms with Crippen LogP contribution in [0.1, 0.15) is 31.2 Å². The van der Waals surface area contributed by atoms with Crippen molar-refractivity contribution in [2.24, 2.45) is 5.10 Å². The fourth-order valence-corrected chi connectivity index (χ4v) is 5.21. The van der Waals surface area contributed by atoms with Gasteiger partial charge in [0.15, 0.2) is 18.1 Å². The Kier molecular flexibility index (Phi) is 10.4. The Labute approximate surface area is 261 Å². The van der Waals surface area contributed by atoms with E-state index in [-0.39, 0.29) is 18.1 Å². The summed E-state index contributed by atoms with van der Waals surface area (Å²) in [5.74, 6) is 0.921. The van der Waals surface area contributed by atoms with Crippen LogP contribution in [-0.2, 0) is 11.2 Å². The number of methoxy groups -OCH3 is 1. The van der Waals surface area contributed by atoms with Gasteiger partial charge in [0, 0.05) is 31.6 Å². The van der Waals surface area contributed by atoms with Gasteiger partial charge < -0.3 is 14.8 Å². The number of amides is 1. The summed E-state index contributed by atoms with van der Waals surface area (Å²) in [7, 11) is 1.50. The highest BCUT2D eigenvalue weighted by atomic mass is 79.9. The number of anilines is 1. The Hall–Kier alpha value is -2.73. The molecule has 0 radical (unpaired) electrons. The average molecular weight is 756 g/mol. The number of aryl methyl sites for hydroxylation is 1. The smallest absolute Gasteiger partial charge is 0.282 e. The van der Waals surface area contributed by atoms with Crippen LogP contribution in [0.2, 0.25) is 5.02 Å². The van der Waals surface area contributed by atoms with Gasteiger partial charge in [0.2, 0.25) is 0 Å². The maximum absolute atomic E-state index is 13.4. The molecule has 1 N–H and O–H groups in total. The van der Waals surface area contributed by atoms with Gasteiger partial charge in [-0.2, -0.15) is 9.78 Å². The monoisotopic (exact) mass is 752 g/mol. The Morgan fingerprint density at radius 3 is 2.58 bits per heavy atom. The summed E-state index contributed by atoms with van der Waals surface area (Å²) in [6.07, 6.45) is 3.97. The lowest BCUT2D eigenvalue weighted by atomic mass is 10.2. The first-order chi connectivity index (χ1) is 19.2. The summed E-state index contributed by atoms with van der Waals surface area (Å²) in [5, 5.41) is 8.31. The highest BCUT2D eigenvalue weighted by Crippen LogP contribution is 2.42. The second-order valence-corrected chi connectivity index (χ2v) is 11.6. The molecule has 8 nitrogen and oxygen atoms in total. The zero-order valence-electron chi connectivity index (χ0n) is 21.5. The normalized spacial score (nSPS) is 11.2. The minimum atomic E-state index is -0.354. The molecule has 1 aromatic heterocycles. The summed E-state index contributed by atoms with van der Waals surface area (Å²) >= 11 is 16.4. The molecule has 0 aliphatic rings. The van der Waals surface area contributed by atoms with Gasteiger partial charge in [0.25, 0.3) is 11.5 Å². The third-order valence-corrected chi connectivity index (χ3v) is 8.68. The van der Waals surface area contributed by atoms with Crippen LogP contribution in [0.25, 0.3) is 10.9 Å². The van der Waals surface area contributed by atoms with Gasteiger partial charge in [-0.3, -0.25) is 9.59 Å². The molecule has 40 heavy (non-hydrogen) atoms. The molecular formula is C28H24Br3ClN4O4. The lowest BCUT2D eigenvalue weighted by Gasteiger charge is -2.15. The molecule has 4 aromatic rings. The van der Waals surface area contributed by atoms with Crippen LogP contribution in [0.5, 0.6) is 11.5 Å². The maximum Gasteiger partial charge on any atom is 0.282 e. The van der Waals surface area contributed by atoms with E-state index in [0.717, 1.165) is 17.3 Å². The van der Waals surface area contributed by atoms with Gasteiger partial charge in [-0.25, -0.2) is 4.98 Å². The van der Waals surface area contributed by atoms with Crippen LogP contribution in [-0.4, -0.2) is 35.5 Å². The number of ether oxygens (including phenoxy) is 2. The fourth-order valence-electron chi connectivity index (χ4n) is 3.78. The number of unbranched alkanes of at least 4 members (excludes halogenated alkanes) is 1. The van der Waals surface area contributed by atoms with Crippen LogP contribution >= 0.6 is 59.4 Å². The van der Waals surface area contributed by atoms with Crippen molar-refractivity contribution >= 4 is 88.1 Å². The van der Waals surface area contributed by atoms with Crippen molar-refractivity contribution in [3.63, 3.8) is 0 Å². The van der Waals surface area contributed by atoms with Gasteiger partial charge in [-0.15, -0.1) is 0 Å². The van der Waals surface area contributed by atoms with Crippen molar-refractivity contribution in [2.45, 2.75) is 26.2 Å². The van der Waals surface area contributed by atoms with E-state index in [1.54, 1.807) is 42.6 Å². The molecular weight excluding hydrogens is 731 g/mol. The second-order valence-electron chi connectivity index (χ2n) is 8.62. The number of benzene rings is 3. The van der Waals surface area contributed by atoms with Crippen LogP contribution in [0.3, 0.4) is 0 Å². The molecule has 208 valence electrons. The number of rotatable bonds is 10. The van der Waals surface area contributed by atoms with E-state index in [0.29, 0.717) is 59.9 Å². The molecule has 0 saturated heterocycles. The van der Waals surface area contributed by atoms with Crippen LogP contribution in [0.15, 0.2) is 71.8 Å². The van der Waals surface area contributed by atoms with Crippen molar-refractivity contribution in [2.75, 3.05) is 19.0 Å². The van der Waals surface area contributed by atoms with Crippen LogP contribution in [0, 0.1) is 0 Å². The molecule has 0 spiro atoms. The largest absolute Gasteiger partial charge is 0.493 e. The number of nitrogens with one attached hydrogen (secondary N) is 1. The number of carbonyl (C=O) groups excluding carboxylic acids is 1. The van der Waals surface area contributed by atoms with E-state index >= 15 is 0 Å². The summed E-state index contributed by atoms with van der Waals surface area (Å²) < 4.78 is 14.6. The molecule has 3 aromatic carbocycles. The van der Waals surface area contributed by atoms with E-state index in [1.807, 2.05) is 12.1 Å². The molecule has 0 saturated carbocycles. The summed E-state index contributed by atoms with van der Waals surface area (Å²) in [4.78, 5) is 30.5. The van der Waals surface area contributed by atoms with Gasteiger partial charge in [-0.1, -0.05) is 40.9 Å². The zero-order chi connectivity index (χ0) is 28.8. The van der Waals surface area contributed by atoms with E-state index < -0.39 is 0 Å².